The Morgan fingerprint density at radius 3 is 2.63 bits per heavy atom. The number of hydrogen-bond donors (Lipinski definition) is 1. The fraction of sp³-hybridized carbons (Fsp3) is 0.500. The van der Waals surface area contributed by atoms with E-state index in [0.717, 1.165) is 6.42 Å². The van der Waals surface area contributed by atoms with Crippen LogP contribution in [0.5, 0.6) is 0 Å². The lowest BCUT2D eigenvalue weighted by Gasteiger charge is -2.33. The highest BCUT2D eigenvalue weighted by molar-refractivity contribution is 7.89. The molecule has 0 spiro atoms. The second kappa shape index (κ2) is 8.93. The van der Waals surface area contributed by atoms with Gasteiger partial charge in [-0.15, -0.1) is 5.10 Å². The van der Waals surface area contributed by atoms with E-state index in [0.29, 0.717) is 30.8 Å². The smallest absolute Gasteiger partial charge is 0.273 e. The molecule has 0 saturated carbocycles. The van der Waals surface area contributed by atoms with E-state index in [1.807, 2.05) is 19.9 Å². The molecule has 1 aromatic carbocycles. The Kier molecular flexibility index (Phi) is 6.53. The quantitative estimate of drug-likeness (QED) is 0.715. The molecule has 1 saturated heterocycles. The molecule has 0 aliphatic carbocycles. The van der Waals surface area contributed by atoms with Gasteiger partial charge in [-0.1, -0.05) is 25.5 Å². The average molecular weight is 431 g/mol. The van der Waals surface area contributed by atoms with Crippen LogP contribution in [0.3, 0.4) is 0 Å². The van der Waals surface area contributed by atoms with E-state index in [4.69, 9.17) is 5.26 Å². The molecule has 1 fully saturated rings. The number of nitrogens with one attached hydrogen (secondary N) is 1. The summed E-state index contributed by atoms with van der Waals surface area (Å²) in [6.07, 6.45) is 2.90. The zero-order chi connectivity index (χ0) is 21.9. The van der Waals surface area contributed by atoms with Gasteiger partial charge in [0.05, 0.1) is 22.7 Å². The van der Waals surface area contributed by atoms with Gasteiger partial charge in [-0.05, 0) is 42.5 Å². The summed E-state index contributed by atoms with van der Waals surface area (Å²) in [6.45, 7) is 5.09. The molecule has 10 heteroatoms. The standard InChI is InChI=1S/C20H26N6O3S/c1-4-5-19(25(3)30(28,29)16-8-6-15(10-21)7-9-16)17-13-26(12-14(17)2)20(27)18-11-22-24-23-18/h6-9,11,14,17,19H,4-5,12-13H2,1-3H3,(H,22,23,24)/t14-,17+,19-/m1/s1. The summed E-state index contributed by atoms with van der Waals surface area (Å²) >= 11 is 0. The van der Waals surface area contributed by atoms with Crippen LogP contribution in [0.15, 0.2) is 35.4 Å². The van der Waals surface area contributed by atoms with Gasteiger partial charge in [0.1, 0.15) is 5.69 Å². The summed E-state index contributed by atoms with van der Waals surface area (Å²) in [4.78, 5) is 14.6. The molecule has 1 aliphatic rings. The molecule has 3 atom stereocenters. The van der Waals surface area contributed by atoms with Gasteiger partial charge in [0.25, 0.3) is 5.91 Å². The number of rotatable bonds is 7. The number of H-pyrrole nitrogens is 1. The van der Waals surface area contributed by atoms with Crippen LogP contribution in [-0.2, 0) is 10.0 Å². The topological polar surface area (TPSA) is 123 Å². The lowest BCUT2D eigenvalue weighted by molar-refractivity contribution is 0.0774. The van der Waals surface area contributed by atoms with Crippen LogP contribution in [0, 0.1) is 23.2 Å². The number of aromatic nitrogens is 3. The molecular weight excluding hydrogens is 404 g/mol. The lowest BCUT2D eigenvalue weighted by Crippen LogP contribution is -2.44. The second-order valence-electron chi connectivity index (χ2n) is 7.73. The zero-order valence-electron chi connectivity index (χ0n) is 17.3. The number of benzene rings is 1. The lowest BCUT2D eigenvalue weighted by atomic mass is 9.88. The van der Waals surface area contributed by atoms with Crippen molar-refractivity contribution in [2.45, 2.75) is 37.6 Å². The van der Waals surface area contributed by atoms with Crippen LogP contribution >= 0.6 is 0 Å². The maximum atomic E-state index is 13.3. The summed E-state index contributed by atoms with van der Waals surface area (Å²) in [5, 5.41) is 18.8. The highest BCUT2D eigenvalue weighted by Crippen LogP contribution is 2.33. The first-order chi connectivity index (χ1) is 14.3. The third-order valence-electron chi connectivity index (χ3n) is 5.81. The van der Waals surface area contributed by atoms with Crippen molar-refractivity contribution in [2.24, 2.45) is 11.8 Å². The number of amides is 1. The van der Waals surface area contributed by atoms with Crippen molar-refractivity contribution in [1.29, 1.82) is 5.26 Å². The van der Waals surface area contributed by atoms with Crippen LogP contribution in [0.25, 0.3) is 0 Å². The van der Waals surface area contributed by atoms with Gasteiger partial charge in [-0.3, -0.25) is 9.89 Å². The van der Waals surface area contributed by atoms with Crippen molar-refractivity contribution in [3.8, 4) is 6.07 Å². The zero-order valence-corrected chi connectivity index (χ0v) is 18.1. The van der Waals surface area contributed by atoms with E-state index in [1.54, 1.807) is 11.9 Å². The number of aromatic amines is 1. The highest BCUT2D eigenvalue weighted by Gasteiger charge is 2.42. The molecule has 1 N–H and O–H groups in total. The number of carbonyl (C=O) groups excluding carboxylic acids is 1. The summed E-state index contributed by atoms with van der Waals surface area (Å²) in [5.41, 5.74) is 0.738. The first-order valence-electron chi connectivity index (χ1n) is 9.93. The van der Waals surface area contributed by atoms with E-state index in [1.165, 1.54) is 34.8 Å². The van der Waals surface area contributed by atoms with Gasteiger partial charge < -0.3 is 4.90 Å². The van der Waals surface area contributed by atoms with E-state index in [2.05, 4.69) is 15.4 Å². The van der Waals surface area contributed by atoms with Crippen LogP contribution in [0.2, 0.25) is 0 Å². The molecule has 1 amide bonds. The fourth-order valence-corrected chi connectivity index (χ4v) is 5.57. The number of nitriles is 1. The molecule has 2 aromatic rings. The van der Waals surface area contributed by atoms with Gasteiger partial charge in [-0.25, -0.2) is 8.42 Å². The van der Waals surface area contributed by atoms with Gasteiger partial charge >= 0.3 is 0 Å². The Labute approximate surface area is 176 Å². The molecule has 0 radical (unpaired) electrons. The van der Waals surface area contributed by atoms with Crippen molar-refractivity contribution in [2.75, 3.05) is 20.1 Å². The Bertz CT molecular complexity index is 1010. The van der Waals surface area contributed by atoms with Gasteiger partial charge in [-0.2, -0.15) is 9.57 Å². The number of likely N-dealkylation sites (tertiary alicyclic amines) is 1. The third kappa shape index (κ3) is 4.22. The van der Waals surface area contributed by atoms with E-state index >= 15 is 0 Å². The van der Waals surface area contributed by atoms with Gasteiger partial charge in [0.15, 0.2) is 0 Å². The molecule has 3 rings (SSSR count). The van der Waals surface area contributed by atoms with Crippen molar-refractivity contribution in [1.82, 2.24) is 24.6 Å². The maximum absolute atomic E-state index is 13.3. The average Bonchev–Trinajstić information content (AvgIpc) is 3.41. The number of carbonyl (C=O) groups is 1. The van der Waals surface area contributed by atoms with Crippen LogP contribution < -0.4 is 0 Å². The molecule has 30 heavy (non-hydrogen) atoms. The minimum Gasteiger partial charge on any atom is -0.337 e. The van der Waals surface area contributed by atoms with Crippen molar-refractivity contribution in [3.05, 3.63) is 41.7 Å². The summed E-state index contributed by atoms with van der Waals surface area (Å²) in [6, 6.07) is 7.69. The summed E-state index contributed by atoms with van der Waals surface area (Å²) in [7, 11) is -2.13. The molecule has 1 aromatic heterocycles. The van der Waals surface area contributed by atoms with Crippen molar-refractivity contribution >= 4 is 15.9 Å². The Morgan fingerprint density at radius 2 is 2.07 bits per heavy atom. The van der Waals surface area contributed by atoms with Gasteiger partial charge in [0, 0.05) is 26.2 Å². The Hall–Kier alpha value is -2.77. The van der Waals surface area contributed by atoms with E-state index in [9.17, 15) is 13.2 Å². The number of nitrogens with zero attached hydrogens (tertiary/aromatic N) is 5. The third-order valence-corrected chi connectivity index (χ3v) is 7.71. The maximum Gasteiger partial charge on any atom is 0.273 e. The van der Waals surface area contributed by atoms with Crippen molar-refractivity contribution in [3.63, 3.8) is 0 Å². The molecule has 9 nitrogen and oxygen atoms in total. The Balaban J connectivity index is 1.83. The second-order valence-corrected chi connectivity index (χ2v) is 9.73. The first kappa shape index (κ1) is 21.9. The van der Waals surface area contributed by atoms with Crippen LogP contribution in [0.1, 0.15) is 42.7 Å². The molecule has 1 aliphatic heterocycles. The predicted molar refractivity (Wildman–Crippen MR) is 110 cm³/mol. The molecule has 2 heterocycles. The SMILES string of the molecule is CCC[C@H]([C@H]1CN(C(=O)c2cnn[nH]2)C[C@H]1C)N(C)S(=O)(=O)c1ccc(C#N)cc1. The van der Waals surface area contributed by atoms with Crippen LogP contribution in [-0.4, -0.2) is 65.1 Å². The number of hydrogen-bond acceptors (Lipinski definition) is 6. The van der Waals surface area contributed by atoms with E-state index in [-0.39, 0.29) is 28.7 Å². The van der Waals surface area contributed by atoms with Crippen LogP contribution in [0.4, 0.5) is 0 Å². The first-order valence-corrected chi connectivity index (χ1v) is 11.4. The highest BCUT2D eigenvalue weighted by atomic mass is 32.2. The summed E-state index contributed by atoms with van der Waals surface area (Å²) < 4.78 is 27.9. The monoisotopic (exact) mass is 430 g/mol. The Morgan fingerprint density at radius 1 is 1.37 bits per heavy atom. The predicted octanol–water partition coefficient (Wildman–Crippen LogP) is 1.87. The van der Waals surface area contributed by atoms with E-state index < -0.39 is 10.0 Å². The minimum atomic E-state index is -3.73. The summed E-state index contributed by atoms with van der Waals surface area (Å²) in [5.74, 6) is -0.0369. The molecule has 0 bridgehead atoms. The number of sulfonamides is 1. The van der Waals surface area contributed by atoms with Crippen molar-refractivity contribution < 1.29 is 13.2 Å². The molecule has 160 valence electrons. The minimum absolute atomic E-state index is 0.00272. The molecule has 0 unspecified atom stereocenters. The fourth-order valence-electron chi connectivity index (χ4n) is 4.14. The molecular formula is C20H26N6O3S. The normalized spacial score (nSPS) is 20.3. The van der Waals surface area contributed by atoms with Gasteiger partial charge in [0.2, 0.25) is 10.0 Å². The largest absolute Gasteiger partial charge is 0.337 e.